The maximum Gasteiger partial charge on any atom is 0.509 e. The number of benzene rings is 2. The van der Waals surface area contributed by atoms with Crippen molar-refractivity contribution in [1.29, 1.82) is 0 Å². The molecule has 2 aromatic carbocycles. The summed E-state index contributed by atoms with van der Waals surface area (Å²) < 4.78 is 37.4. The number of esters is 3. The Labute approximate surface area is 508 Å². The van der Waals surface area contributed by atoms with E-state index in [1.54, 1.807) is 12.2 Å². The number of para-hydroxylation sites is 1. The van der Waals surface area contributed by atoms with Crippen LogP contribution >= 0.6 is 0 Å². The zero-order chi connectivity index (χ0) is 61.9. The molecule has 0 radical (unpaired) electrons. The number of piperidine rings is 1. The van der Waals surface area contributed by atoms with Crippen molar-refractivity contribution in [3.05, 3.63) is 124 Å². The number of hydrogen-bond donors (Lipinski definition) is 3. The summed E-state index contributed by atoms with van der Waals surface area (Å²) in [7, 11) is 5.66. The number of aliphatic hydroxyl groups is 2. The lowest BCUT2D eigenvalue weighted by molar-refractivity contribution is -0.234. The third kappa shape index (κ3) is 10.4. The van der Waals surface area contributed by atoms with E-state index < -0.39 is 75.8 Å². The highest BCUT2D eigenvalue weighted by atomic mass is 16.7. The Morgan fingerprint density at radius 2 is 1.49 bits per heavy atom. The van der Waals surface area contributed by atoms with Gasteiger partial charge in [-0.05, 0) is 130 Å². The number of nitrogens with zero attached hydrogens (tertiary/aromatic N) is 3. The molecule has 5 aliphatic heterocycles. The van der Waals surface area contributed by atoms with Gasteiger partial charge in [0, 0.05) is 79.4 Å². The van der Waals surface area contributed by atoms with E-state index in [1.165, 1.54) is 45.0 Å². The van der Waals surface area contributed by atoms with Gasteiger partial charge in [-0.15, -0.1) is 0 Å². The molecule has 1 unspecified atom stereocenters. The average Bonchev–Trinajstić information content (AvgIpc) is 1.76. The lowest BCUT2D eigenvalue weighted by atomic mass is 9.47. The molecule has 17 heteroatoms. The van der Waals surface area contributed by atoms with Crippen molar-refractivity contribution < 1.29 is 62.6 Å². The molecule has 0 aromatic heterocycles. The molecule has 1 saturated carbocycles. The molecule has 86 heavy (non-hydrogen) atoms. The second kappa shape index (κ2) is 23.7. The lowest BCUT2D eigenvalue weighted by Crippen LogP contribution is -2.81. The minimum Gasteiger partial charge on any atom is -0.496 e. The summed E-state index contributed by atoms with van der Waals surface area (Å²) in [5.41, 5.74) is 0.144. The Morgan fingerprint density at radius 3 is 2.10 bits per heavy atom. The van der Waals surface area contributed by atoms with Gasteiger partial charge in [-0.2, -0.15) is 0 Å². The van der Waals surface area contributed by atoms with E-state index in [9.17, 15) is 24.6 Å². The molecule has 1 spiro atoms. The highest BCUT2D eigenvalue weighted by Gasteiger charge is 2.81. The van der Waals surface area contributed by atoms with Crippen molar-refractivity contribution in [3.63, 3.8) is 0 Å². The summed E-state index contributed by atoms with van der Waals surface area (Å²) in [5.74, 6) is -2.14. The number of methoxy groups -OCH3 is 3. The van der Waals surface area contributed by atoms with E-state index in [0.717, 1.165) is 23.2 Å². The van der Waals surface area contributed by atoms with Gasteiger partial charge in [0.05, 0.1) is 40.2 Å². The van der Waals surface area contributed by atoms with Crippen LogP contribution in [-0.2, 0) is 53.7 Å². The van der Waals surface area contributed by atoms with Crippen LogP contribution in [0, 0.1) is 22.2 Å². The van der Waals surface area contributed by atoms with Crippen LogP contribution in [-0.4, -0.2) is 147 Å². The van der Waals surface area contributed by atoms with Gasteiger partial charge in [0.25, 0.3) is 0 Å². The van der Waals surface area contributed by atoms with Crippen molar-refractivity contribution in [2.24, 2.45) is 22.2 Å². The van der Waals surface area contributed by atoms with Gasteiger partial charge in [-0.25, -0.2) is 14.7 Å². The van der Waals surface area contributed by atoms with Gasteiger partial charge in [0.2, 0.25) is 5.60 Å². The number of allylic oxidation sites excluding steroid dienone is 6. The normalized spacial score (nSPS) is 34.5. The van der Waals surface area contributed by atoms with Crippen LogP contribution in [0.3, 0.4) is 0 Å². The summed E-state index contributed by atoms with van der Waals surface area (Å²) >= 11 is 0. The van der Waals surface area contributed by atoms with Crippen LogP contribution in [0.1, 0.15) is 138 Å². The molecule has 5 heterocycles. The number of nitrogens with one attached hydrogen (secondary N) is 1. The number of ether oxygens (including phenoxy) is 6. The molecule has 2 bridgehead atoms. The van der Waals surface area contributed by atoms with Gasteiger partial charge in [0.1, 0.15) is 28.9 Å². The number of rotatable bonds is 15. The summed E-state index contributed by atoms with van der Waals surface area (Å²) in [6.07, 6.45) is 16.8. The predicted molar refractivity (Wildman–Crippen MR) is 328 cm³/mol. The molecule has 8 aliphatic rings. The Bertz CT molecular complexity index is 3160. The fourth-order valence-corrected chi connectivity index (χ4v) is 17.9. The number of carbonyl (C=O) groups excluding carboxylic acids is 4. The highest BCUT2D eigenvalue weighted by molar-refractivity contribution is 5.92. The third-order valence-corrected chi connectivity index (χ3v) is 21.0. The molecular weight excluding hydrogens is 1090 g/mol. The topological polar surface area (TPSA) is 195 Å². The summed E-state index contributed by atoms with van der Waals surface area (Å²) in [5, 5.41) is 29.3. The first-order valence-corrected chi connectivity index (χ1v) is 31.0. The second-order valence-corrected chi connectivity index (χ2v) is 27.1. The Hall–Kier alpha value is -6.24. The summed E-state index contributed by atoms with van der Waals surface area (Å²) in [6, 6.07) is 11.9. The van der Waals surface area contributed by atoms with Gasteiger partial charge < -0.3 is 44.0 Å². The van der Waals surface area contributed by atoms with Crippen LogP contribution in [0.2, 0.25) is 0 Å². The number of hydroxylamine groups is 1. The monoisotopic (exact) mass is 1180 g/mol. The average molecular weight is 1190 g/mol. The van der Waals surface area contributed by atoms with Crippen LogP contribution in [0.25, 0.3) is 0 Å². The van der Waals surface area contributed by atoms with Crippen molar-refractivity contribution in [2.45, 2.75) is 179 Å². The van der Waals surface area contributed by atoms with Crippen LogP contribution in [0.15, 0.2) is 113 Å². The van der Waals surface area contributed by atoms with Crippen molar-refractivity contribution >= 4 is 35.4 Å². The molecule has 10 rings (SSSR count). The maximum atomic E-state index is 15.9. The Kier molecular flexibility index (Phi) is 17.3. The molecule has 12 atom stereocenters. The zero-order valence-corrected chi connectivity index (χ0v) is 52.9. The minimum absolute atomic E-state index is 0.117. The molecule has 3 N–H and O–H groups in total. The first-order chi connectivity index (χ1) is 40.9. The Balaban J connectivity index is 1.03. The van der Waals surface area contributed by atoms with Crippen molar-refractivity contribution in [2.75, 3.05) is 71.5 Å². The van der Waals surface area contributed by atoms with E-state index in [-0.39, 0.29) is 29.3 Å². The third-order valence-electron chi connectivity index (χ3n) is 21.0. The number of fused-ring (bicyclic) bond motifs is 3. The van der Waals surface area contributed by atoms with E-state index >= 15 is 4.79 Å². The fraction of sp³-hybridized carbons (Fsp3) is 0.594. The molecule has 466 valence electrons. The molecular formula is C69H92N4O13. The quantitative estimate of drug-likeness (QED) is 0.0659. The smallest absolute Gasteiger partial charge is 0.496 e. The van der Waals surface area contributed by atoms with E-state index in [1.807, 2.05) is 68.5 Å². The van der Waals surface area contributed by atoms with Gasteiger partial charge in [-0.3, -0.25) is 24.2 Å². The molecule has 2 aromatic rings. The SMILES string of the molecule is CC[C@@]1(OC(=O)O[C@@H]2CC(C)=C(/C=C/C=C/C3=C(C)C[C@@H](O)CC3(C)C)C(C)(C)C2)C[C@H]2CN(CCC=C(Nc3ccccc3)[C@@](C(=O)OC)(c3cc4c(cc3OC)N(OC)[C@H]3[C@@](O)(C(=O)OC)[C@H](OC(C)=O)[C@]5(CC)C=CCN6CC[C@]43[C@@H]65)C2)C1. The first kappa shape index (κ1) is 62.8. The van der Waals surface area contributed by atoms with Crippen LogP contribution < -0.4 is 15.1 Å². The van der Waals surface area contributed by atoms with Crippen molar-refractivity contribution in [1.82, 2.24) is 9.80 Å². The fourth-order valence-electron chi connectivity index (χ4n) is 17.9. The van der Waals surface area contributed by atoms with Gasteiger partial charge in [-0.1, -0.05) is 113 Å². The second-order valence-electron chi connectivity index (χ2n) is 27.1. The van der Waals surface area contributed by atoms with E-state index in [0.29, 0.717) is 107 Å². The lowest BCUT2D eigenvalue weighted by Gasteiger charge is -2.63. The van der Waals surface area contributed by atoms with E-state index in [2.05, 4.69) is 87.0 Å². The first-order valence-electron chi connectivity index (χ1n) is 31.0. The van der Waals surface area contributed by atoms with E-state index in [4.69, 9.17) is 33.3 Å². The maximum absolute atomic E-state index is 15.9. The summed E-state index contributed by atoms with van der Waals surface area (Å²) in [6.45, 7) is 21.0. The molecule has 3 fully saturated rings. The van der Waals surface area contributed by atoms with Gasteiger partial charge in [0.15, 0.2) is 6.10 Å². The van der Waals surface area contributed by atoms with Crippen molar-refractivity contribution in [3.8, 4) is 5.75 Å². The summed E-state index contributed by atoms with van der Waals surface area (Å²) in [4.78, 5) is 69.4. The molecule has 0 amide bonds. The zero-order valence-electron chi connectivity index (χ0n) is 52.9. The number of hydrogen-bond acceptors (Lipinski definition) is 17. The predicted octanol–water partition coefficient (Wildman–Crippen LogP) is 10.5. The number of anilines is 2. The number of carbonyl (C=O) groups is 4. The minimum atomic E-state index is -2.49. The molecule has 17 nitrogen and oxygen atoms in total. The Morgan fingerprint density at radius 1 is 0.802 bits per heavy atom. The van der Waals surface area contributed by atoms with Gasteiger partial charge >= 0.3 is 24.1 Å². The highest BCUT2D eigenvalue weighted by Crippen LogP contribution is 2.69. The van der Waals surface area contributed by atoms with Crippen LogP contribution in [0.4, 0.5) is 16.2 Å². The number of aliphatic hydroxyl groups excluding tert-OH is 1. The standard InChI is InChI=1S/C69H92N4O13/c1-14-65(86-62(78)85-49-34-44(4)51(64(8,9)40-49)26-20-19-25-50-43(3)33-48(75)39-63(50,6)7)37-46-38-68(60(76)81-11,56(27-21-30-71(41-46)42-65)70-47-23-17-16-18-24-47)53-35-52-54(36-55(53)80-10)73(83-13)58-67(52)29-32-72-31-22-28-66(15-2,57(67)72)59(84-45(5)74)69(58,79)61(77)82-12/h16-20,22-28,35-36,46,48-49,57-59,70,75,79H,14-15,21,29-34,37-42H2,1-13H3/b25-19+,26-20+,56-27?/t46-,48-,49-,57+,58-,59-,65-,66-,67-,68+,69+/m1/s1. The molecule has 2 saturated heterocycles. The largest absolute Gasteiger partial charge is 0.509 e. The molecule has 3 aliphatic carbocycles. The van der Waals surface area contributed by atoms with Crippen LogP contribution in [0.5, 0.6) is 5.75 Å².